The van der Waals surface area contributed by atoms with Crippen LogP contribution in [0.3, 0.4) is 0 Å². The molecule has 0 amide bonds. The Morgan fingerprint density at radius 3 is 2.52 bits per heavy atom. The maximum absolute atomic E-state index is 12.5. The molecule has 0 spiro atoms. The number of sulfonamides is 1. The van der Waals surface area contributed by atoms with Crippen molar-refractivity contribution < 1.29 is 23.1 Å². The third-order valence-corrected chi connectivity index (χ3v) is 5.81. The van der Waals surface area contributed by atoms with Crippen LogP contribution in [-0.2, 0) is 14.8 Å². The van der Waals surface area contributed by atoms with Gasteiger partial charge in [-0.2, -0.15) is 4.31 Å². The highest BCUT2D eigenvalue weighted by Gasteiger charge is 2.35. The lowest BCUT2D eigenvalue weighted by atomic mass is 10.1. The van der Waals surface area contributed by atoms with Crippen LogP contribution in [0.4, 0.5) is 0 Å². The van der Waals surface area contributed by atoms with Gasteiger partial charge in [0.15, 0.2) is 0 Å². The minimum Gasteiger partial charge on any atom is -0.494 e. The summed E-state index contributed by atoms with van der Waals surface area (Å²) in [5, 5.41) is 8.99. The zero-order valence-electron chi connectivity index (χ0n) is 13.4. The first-order chi connectivity index (χ1) is 10.8. The lowest BCUT2D eigenvalue weighted by molar-refractivity contribution is -0.141. The van der Waals surface area contributed by atoms with Crippen molar-refractivity contribution in [1.29, 1.82) is 0 Å². The molecule has 0 bridgehead atoms. The highest BCUT2D eigenvalue weighted by atomic mass is 32.2. The molecule has 128 valence electrons. The second-order valence-corrected chi connectivity index (χ2v) is 8.13. The molecule has 1 atom stereocenters. The predicted molar refractivity (Wildman–Crippen MR) is 85.9 cm³/mol. The van der Waals surface area contributed by atoms with Gasteiger partial charge >= 0.3 is 5.97 Å². The van der Waals surface area contributed by atoms with Crippen molar-refractivity contribution >= 4 is 16.0 Å². The molecule has 1 aliphatic heterocycles. The van der Waals surface area contributed by atoms with Crippen molar-refractivity contribution in [2.45, 2.75) is 31.6 Å². The Morgan fingerprint density at radius 2 is 2.00 bits per heavy atom. The third-order valence-electron chi connectivity index (χ3n) is 3.93. The molecule has 1 aromatic carbocycles. The number of nitrogens with zero attached hydrogens (tertiary/aromatic N) is 1. The second kappa shape index (κ2) is 7.31. The van der Waals surface area contributed by atoms with Crippen molar-refractivity contribution in [3.8, 4) is 5.75 Å². The van der Waals surface area contributed by atoms with Gasteiger partial charge in [0.05, 0.1) is 17.4 Å². The van der Waals surface area contributed by atoms with E-state index >= 15 is 0 Å². The fourth-order valence-corrected chi connectivity index (χ4v) is 3.92. The molecule has 2 rings (SSSR count). The summed E-state index contributed by atoms with van der Waals surface area (Å²) in [5.41, 5.74) is 0. The predicted octanol–water partition coefficient (Wildman–Crippen LogP) is 2.21. The first-order valence-corrected chi connectivity index (χ1v) is 9.20. The summed E-state index contributed by atoms with van der Waals surface area (Å²) < 4.78 is 31.8. The van der Waals surface area contributed by atoms with E-state index in [1.807, 2.05) is 0 Å². The van der Waals surface area contributed by atoms with Crippen molar-refractivity contribution in [2.24, 2.45) is 11.8 Å². The SMILES string of the molecule is CC(C)CCOc1ccc(S(=O)(=O)N2CCC(C(=O)O)C2)cc1. The van der Waals surface area contributed by atoms with Gasteiger partial charge in [-0.15, -0.1) is 0 Å². The van der Waals surface area contributed by atoms with Crippen LogP contribution in [0, 0.1) is 11.8 Å². The Hall–Kier alpha value is -1.60. The van der Waals surface area contributed by atoms with Crippen LogP contribution < -0.4 is 4.74 Å². The average Bonchev–Trinajstić information content (AvgIpc) is 2.98. The van der Waals surface area contributed by atoms with Crippen LogP contribution in [0.5, 0.6) is 5.75 Å². The molecule has 1 saturated heterocycles. The Morgan fingerprint density at radius 1 is 1.35 bits per heavy atom. The first kappa shape index (κ1) is 17.7. The van der Waals surface area contributed by atoms with E-state index < -0.39 is 21.9 Å². The van der Waals surface area contributed by atoms with Gasteiger partial charge in [0.25, 0.3) is 0 Å². The Labute approximate surface area is 137 Å². The number of rotatable bonds is 7. The average molecular weight is 341 g/mol. The van der Waals surface area contributed by atoms with E-state index in [0.29, 0.717) is 24.7 Å². The van der Waals surface area contributed by atoms with E-state index in [1.54, 1.807) is 12.1 Å². The highest BCUT2D eigenvalue weighted by molar-refractivity contribution is 7.89. The van der Waals surface area contributed by atoms with Crippen molar-refractivity contribution in [3.05, 3.63) is 24.3 Å². The monoisotopic (exact) mass is 341 g/mol. The van der Waals surface area contributed by atoms with Crippen LogP contribution in [0.25, 0.3) is 0 Å². The number of ether oxygens (including phenoxy) is 1. The van der Waals surface area contributed by atoms with Gasteiger partial charge in [0.2, 0.25) is 10.0 Å². The summed E-state index contributed by atoms with van der Waals surface area (Å²) in [6, 6.07) is 6.29. The second-order valence-electron chi connectivity index (χ2n) is 6.19. The number of benzene rings is 1. The van der Waals surface area contributed by atoms with Gasteiger partial charge in [-0.1, -0.05) is 13.8 Å². The Kier molecular flexibility index (Phi) is 5.64. The number of aliphatic carboxylic acids is 1. The van der Waals surface area contributed by atoms with Gasteiger partial charge in [-0.25, -0.2) is 8.42 Å². The van der Waals surface area contributed by atoms with E-state index in [9.17, 15) is 13.2 Å². The summed E-state index contributed by atoms with van der Waals surface area (Å²) >= 11 is 0. The van der Waals surface area contributed by atoms with Crippen LogP contribution >= 0.6 is 0 Å². The third kappa shape index (κ3) is 4.45. The van der Waals surface area contributed by atoms with Crippen LogP contribution in [-0.4, -0.2) is 43.5 Å². The summed E-state index contributed by atoms with van der Waals surface area (Å²) in [4.78, 5) is 11.1. The fraction of sp³-hybridized carbons (Fsp3) is 0.562. The zero-order valence-corrected chi connectivity index (χ0v) is 14.3. The van der Waals surface area contributed by atoms with Gasteiger partial charge in [-0.05, 0) is 43.0 Å². The molecule has 1 N–H and O–H groups in total. The Bertz CT molecular complexity index is 639. The molecule has 1 fully saturated rings. The van der Waals surface area contributed by atoms with Crippen molar-refractivity contribution in [1.82, 2.24) is 4.31 Å². The maximum Gasteiger partial charge on any atom is 0.307 e. The summed E-state index contributed by atoms with van der Waals surface area (Å²) in [6.07, 6.45) is 1.29. The fourth-order valence-electron chi connectivity index (χ4n) is 2.42. The minimum atomic E-state index is -3.64. The molecule has 1 aromatic rings. The molecule has 23 heavy (non-hydrogen) atoms. The lowest BCUT2D eigenvalue weighted by Gasteiger charge is -2.16. The number of carboxylic acid groups (broad SMARTS) is 1. The topological polar surface area (TPSA) is 83.9 Å². The van der Waals surface area contributed by atoms with E-state index in [2.05, 4.69) is 13.8 Å². The van der Waals surface area contributed by atoms with Gasteiger partial charge in [0, 0.05) is 13.1 Å². The molecule has 6 nitrogen and oxygen atoms in total. The number of carboxylic acids is 1. The zero-order chi connectivity index (χ0) is 17.0. The molecular formula is C16H23NO5S. The van der Waals surface area contributed by atoms with Gasteiger partial charge in [-0.3, -0.25) is 4.79 Å². The molecule has 0 aliphatic carbocycles. The molecule has 7 heteroatoms. The standard InChI is InChI=1S/C16H23NO5S/c1-12(2)8-10-22-14-3-5-15(6-4-14)23(20,21)17-9-7-13(11-17)16(18)19/h3-6,12-13H,7-11H2,1-2H3,(H,18,19). The molecule has 0 radical (unpaired) electrons. The van der Waals surface area contributed by atoms with E-state index in [-0.39, 0.29) is 18.0 Å². The quantitative estimate of drug-likeness (QED) is 0.822. The number of hydrogen-bond acceptors (Lipinski definition) is 4. The molecule has 0 aromatic heterocycles. The molecule has 1 heterocycles. The summed E-state index contributed by atoms with van der Waals surface area (Å²) in [7, 11) is -3.64. The first-order valence-electron chi connectivity index (χ1n) is 7.76. The number of carbonyl (C=O) groups is 1. The molecule has 1 unspecified atom stereocenters. The molecular weight excluding hydrogens is 318 g/mol. The smallest absolute Gasteiger partial charge is 0.307 e. The normalized spacial score (nSPS) is 19.2. The lowest BCUT2D eigenvalue weighted by Crippen LogP contribution is -2.30. The van der Waals surface area contributed by atoms with E-state index in [1.165, 1.54) is 16.4 Å². The van der Waals surface area contributed by atoms with Crippen molar-refractivity contribution in [2.75, 3.05) is 19.7 Å². The molecule has 0 saturated carbocycles. The minimum absolute atomic E-state index is 0.0321. The van der Waals surface area contributed by atoms with Crippen LogP contribution in [0.15, 0.2) is 29.2 Å². The maximum atomic E-state index is 12.5. The Balaban J connectivity index is 2.02. The number of hydrogen-bond donors (Lipinski definition) is 1. The summed E-state index contributed by atoms with van der Waals surface area (Å²) in [5.74, 6) is -0.388. The molecule has 1 aliphatic rings. The van der Waals surface area contributed by atoms with Gasteiger partial charge < -0.3 is 9.84 Å². The van der Waals surface area contributed by atoms with E-state index in [0.717, 1.165) is 6.42 Å². The van der Waals surface area contributed by atoms with Gasteiger partial charge in [0.1, 0.15) is 5.75 Å². The summed E-state index contributed by atoms with van der Waals surface area (Å²) in [6.45, 7) is 5.09. The highest BCUT2D eigenvalue weighted by Crippen LogP contribution is 2.25. The van der Waals surface area contributed by atoms with Crippen LogP contribution in [0.1, 0.15) is 26.7 Å². The largest absolute Gasteiger partial charge is 0.494 e. The van der Waals surface area contributed by atoms with Crippen molar-refractivity contribution in [3.63, 3.8) is 0 Å². The van der Waals surface area contributed by atoms with Crippen LogP contribution in [0.2, 0.25) is 0 Å². The van der Waals surface area contributed by atoms with E-state index in [4.69, 9.17) is 9.84 Å².